The summed E-state index contributed by atoms with van der Waals surface area (Å²) in [6.45, 7) is 5.96. The Hall–Kier alpha value is -0.770. The van der Waals surface area contributed by atoms with Crippen molar-refractivity contribution < 1.29 is 5.11 Å². The van der Waals surface area contributed by atoms with Crippen LogP contribution in [0.4, 0.5) is 0 Å². The highest BCUT2D eigenvalue weighted by Gasteiger charge is 2.17. The molecule has 0 radical (unpaired) electrons. The van der Waals surface area contributed by atoms with Gasteiger partial charge in [-0.25, -0.2) is 0 Å². The Labute approximate surface area is 120 Å². The van der Waals surface area contributed by atoms with Crippen LogP contribution in [-0.4, -0.2) is 35.7 Å². The molecule has 106 valence electrons. The maximum atomic E-state index is 9.91. The van der Waals surface area contributed by atoms with Gasteiger partial charge in [-0.05, 0) is 38.1 Å². The topological polar surface area (TPSA) is 35.5 Å². The predicted octanol–water partition coefficient (Wildman–Crippen LogP) is 3.01. The fourth-order valence-corrected chi connectivity index (χ4v) is 2.85. The highest BCUT2D eigenvalue weighted by molar-refractivity contribution is 6.31. The Morgan fingerprint density at radius 2 is 2.26 bits per heavy atom. The molecule has 1 aromatic carbocycles. The molecule has 1 heterocycles. The first-order valence-corrected chi connectivity index (χ1v) is 7.50. The van der Waals surface area contributed by atoms with Gasteiger partial charge < -0.3 is 10.4 Å². The first-order valence-electron chi connectivity index (χ1n) is 7.12. The smallest absolute Gasteiger partial charge is 0.121 e. The van der Waals surface area contributed by atoms with E-state index >= 15 is 0 Å². The van der Waals surface area contributed by atoms with E-state index in [4.69, 9.17) is 11.6 Å². The molecule has 1 saturated heterocycles. The molecule has 1 aromatic rings. The summed E-state index contributed by atoms with van der Waals surface area (Å²) in [7, 11) is 0. The van der Waals surface area contributed by atoms with Crippen LogP contribution < -0.4 is 5.32 Å². The van der Waals surface area contributed by atoms with Crippen LogP contribution in [-0.2, 0) is 6.54 Å². The number of hydrogen-bond acceptors (Lipinski definition) is 3. The van der Waals surface area contributed by atoms with Crippen molar-refractivity contribution in [1.82, 2.24) is 10.2 Å². The fourth-order valence-electron chi connectivity index (χ4n) is 2.62. The van der Waals surface area contributed by atoms with Crippen molar-refractivity contribution in [3.63, 3.8) is 0 Å². The summed E-state index contributed by atoms with van der Waals surface area (Å²) in [6.07, 6.45) is 3.84. The van der Waals surface area contributed by atoms with E-state index in [1.54, 1.807) is 12.1 Å². The van der Waals surface area contributed by atoms with Crippen molar-refractivity contribution in [3.8, 4) is 5.75 Å². The van der Waals surface area contributed by atoms with Gasteiger partial charge in [0.25, 0.3) is 0 Å². The SMILES string of the molecule is CCN(Cc1c(O)cccc1Cl)CC1CCCCN1. The van der Waals surface area contributed by atoms with Crippen LogP contribution in [0.3, 0.4) is 0 Å². The van der Waals surface area contributed by atoms with E-state index in [-0.39, 0.29) is 0 Å². The molecule has 0 aliphatic carbocycles. The molecule has 0 amide bonds. The average Bonchev–Trinajstić information content (AvgIpc) is 2.43. The zero-order valence-corrected chi connectivity index (χ0v) is 12.3. The molecule has 3 nitrogen and oxygen atoms in total. The number of piperidine rings is 1. The van der Waals surface area contributed by atoms with E-state index in [0.717, 1.165) is 25.2 Å². The average molecular weight is 283 g/mol. The molecule has 1 aliphatic heterocycles. The molecule has 1 fully saturated rings. The lowest BCUT2D eigenvalue weighted by atomic mass is 10.0. The van der Waals surface area contributed by atoms with Gasteiger partial charge in [0.05, 0.1) is 0 Å². The zero-order chi connectivity index (χ0) is 13.7. The van der Waals surface area contributed by atoms with E-state index in [1.165, 1.54) is 19.3 Å². The fraction of sp³-hybridized carbons (Fsp3) is 0.600. The van der Waals surface area contributed by atoms with Crippen LogP contribution in [0.5, 0.6) is 5.75 Å². The molecule has 1 atom stereocenters. The Balaban J connectivity index is 1.98. The number of benzene rings is 1. The molecule has 1 aliphatic rings. The van der Waals surface area contributed by atoms with Gasteiger partial charge in [-0.15, -0.1) is 0 Å². The largest absolute Gasteiger partial charge is 0.508 e. The number of nitrogens with zero attached hydrogens (tertiary/aromatic N) is 1. The van der Waals surface area contributed by atoms with Crippen molar-refractivity contribution >= 4 is 11.6 Å². The molecule has 19 heavy (non-hydrogen) atoms. The van der Waals surface area contributed by atoms with Gasteiger partial charge in [-0.3, -0.25) is 4.90 Å². The number of likely N-dealkylation sites (N-methyl/N-ethyl adjacent to an activating group) is 1. The van der Waals surface area contributed by atoms with Gasteiger partial charge in [-0.2, -0.15) is 0 Å². The Bertz CT molecular complexity index is 385. The molecular formula is C15H23ClN2O. The van der Waals surface area contributed by atoms with Crippen molar-refractivity contribution in [1.29, 1.82) is 0 Å². The van der Waals surface area contributed by atoms with Gasteiger partial charge in [0, 0.05) is 29.7 Å². The van der Waals surface area contributed by atoms with Crippen LogP contribution >= 0.6 is 11.6 Å². The summed E-state index contributed by atoms with van der Waals surface area (Å²) < 4.78 is 0. The Morgan fingerprint density at radius 1 is 1.42 bits per heavy atom. The predicted molar refractivity (Wildman–Crippen MR) is 79.7 cm³/mol. The summed E-state index contributed by atoms with van der Waals surface area (Å²) >= 11 is 6.17. The lowest BCUT2D eigenvalue weighted by Crippen LogP contribution is -2.43. The van der Waals surface area contributed by atoms with Gasteiger partial charge in [-0.1, -0.05) is 31.0 Å². The molecule has 0 spiro atoms. The molecule has 0 aromatic heterocycles. The highest BCUT2D eigenvalue weighted by atomic mass is 35.5. The van der Waals surface area contributed by atoms with E-state index in [1.807, 2.05) is 6.07 Å². The molecule has 2 rings (SSSR count). The number of phenolic OH excluding ortho intramolecular Hbond substituents is 1. The lowest BCUT2D eigenvalue weighted by Gasteiger charge is -2.30. The summed E-state index contributed by atoms with van der Waals surface area (Å²) in [5.41, 5.74) is 0.835. The third kappa shape index (κ3) is 4.10. The molecule has 2 N–H and O–H groups in total. The second-order valence-electron chi connectivity index (χ2n) is 5.21. The molecule has 0 saturated carbocycles. The van der Waals surface area contributed by atoms with Crippen LogP contribution in [0.25, 0.3) is 0 Å². The number of nitrogens with one attached hydrogen (secondary N) is 1. The van der Waals surface area contributed by atoms with Crippen LogP contribution in [0.1, 0.15) is 31.7 Å². The van der Waals surface area contributed by atoms with Gasteiger partial charge in [0.1, 0.15) is 5.75 Å². The third-order valence-corrected chi connectivity index (χ3v) is 4.17. The number of hydrogen-bond donors (Lipinski definition) is 2. The van der Waals surface area contributed by atoms with E-state index < -0.39 is 0 Å². The summed E-state index contributed by atoms with van der Waals surface area (Å²) in [6, 6.07) is 5.88. The van der Waals surface area contributed by atoms with Crippen LogP contribution in [0.15, 0.2) is 18.2 Å². The molecular weight excluding hydrogens is 260 g/mol. The van der Waals surface area contributed by atoms with Crippen molar-refractivity contribution in [2.45, 2.75) is 38.8 Å². The van der Waals surface area contributed by atoms with Crippen molar-refractivity contribution in [2.75, 3.05) is 19.6 Å². The molecule has 4 heteroatoms. The second-order valence-corrected chi connectivity index (χ2v) is 5.62. The second kappa shape index (κ2) is 7.13. The molecule has 0 bridgehead atoms. The van der Waals surface area contributed by atoms with Gasteiger partial charge in [0.2, 0.25) is 0 Å². The summed E-state index contributed by atoms with van der Waals surface area (Å²) in [5.74, 6) is 0.294. The van der Waals surface area contributed by atoms with Crippen molar-refractivity contribution in [2.24, 2.45) is 0 Å². The van der Waals surface area contributed by atoms with E-state index in [9.17, 15) is 5.11 Å². The first kappa shape index (κ1) is 14.6. The number of aromatic hydroxyl groups is 1. The number of phenols is 1. The Morgan fingerprint density at radius 3 is 2.89 bits per heavy atom. The third-order valence-electron chi connectivity index (χ3n) is 3.81. The summed E-state index contributed by atoms with van der Waals surface area (Å²) in [5, 5.41) is 14.1. The van der Waals surface area contributed by atoms with Crippen molar-refractivity contribution in [3.05, 3.63) is 28.8 Å². The van der Waals surface area contributed by atoms with Gasteiger partial charge >= 0.3 is 0 Å². The normalized spacial score (nSPS) is 19.8. The number of rotatable bonds is 5. The highest BCUT2D eigenvalue weighted by Crippen LogP contribution is 2.26. The minimum Gasteiger partial charge on any atom is -0.508 e. The zero-order valence-electron chi connectivity index (χ0n) is 11.5. The van der Waals surface area contributed by atoms with Crippen LogP contribution in [0.2, 0.25) is 5.02 Å². The number of halogens is 1. The standard InChI is InChI=1S/C15H23ClN2O/c1-2-18(10-12-6-3-4-9-17-12)11-13-14(16)7-5-8-15(13)19/h5,7-8,12,17,19H,2-4,6,9-11H2,1H3. The van der Waals surface area contributed by atoms with Crippen LogP contribution in [0, 0.1) is 0 Å². The summed E-state index contributed by atoms with van der Waals surface area (Å²) in [4.78, 5) is 2.34. The first-order chi connectivity index (χ1) is 9.20. The molecule has 1 unspecified atom stereocenters. The Kier molecular flexibility index (Phi) is 5.49. The van der Waals surface area contributed by atoms with Gasteiger partial charge in [0.15, 0.2) is 0 Å². The van der Waals surface area contributed by atoms with E-state index in [0.29, 0.717) is 23.4 Å². The minimum absolute atomic E-state index is 0.294. The minimum atomic E-state index is 0.294. The van der Waals surface area contributed by atoms with E-state index in [2.05, 4.69) is 17.1 Å². The maximum Gasteiger partial charge on any atom is 0.121 e. The maximum absolute atomic E-state index is 9.91. The lowest BCUT2D eigenvalue weighted by molar-refractivity contribution is 0.224. The quantitative estimate of drug-likeness (QED) is 0.871. The monoisotopic (exact) mass is 282 g/mol.